The number of hydrogen-bond donors (Lipinski definition) is 2. The number of carbonyl (C=O) groups is 2. The van der Waals surface area contributed by atoms with Crippen LogP contribution < -0.4 is 16.2 Å². The van der Waals surface area contributed by atoms with Gasteiger partial charge in [-0.3, -0.25) is 19.5 Å². The van der Waals surface area contributed by atoms with Crippen LogP contribution in [0.4, 0.5) is 4.79 Å². The summed E-state index contributed by atoms with van der Waals surface area (Å²) < 4.78 is 1.63. The lowest BCUT2D eigenvalue weighted by molar-refractivity contribution is -0.120. The summed E-state index contributed by atoms with van der Waals surface area (Å²) in [4.78, 5) is 41.0. The molecular formula is C17H15ClN4O3S. The predicted molar refractivity (Wildman–Crippen MR) is 102 cm³/mol. The first-order valence-corrected chi connectivity index (χ1v) is 9.00. The SMILES string of the molecule is CCNC(=O)NC(=O)Cn1cnc2cc(-c3ccc(Cl)cc3)sc2c1=O. The molecule has 0 aliphatic rings. The molecule has 3 amide bonds. The smallest absolute Gasteiger partial charge is 0.321 e. The van der Waals surface area contributed by atoms with E-state index in [1.54, 1.807) is 19.1 Å². The summed E-state index contributed by atoms with van der Waals surface area (Å²) in [6.07, 6.45) is 1.31. The van der Waals surface area contributed by atoms with Gasteiger partial charge in [-0.15, -0.1) is 11.3 Å². The van der Waals surface area contributed by atoms with Crippen LogP contribution in [0.5, 0.6) is 0 Å². The molecule has 0 spiro atoms. The van der Waals surface area contributed by atoms with Crippen LogP contribution in [-0.2, 0) is 11.3 Å². The summed E-state index contributed by atoms with van der Waals surface area (Å²) in [7, 11) is 0. The maximum absolute atomic E-state index is 12.6. The molecule has 9 heteroatoms. The molecule has 0 saturated heterocycles. The Bertz CT molecular complexity index is 1030. The largest absolute Gasteiger partial charge is 0.338 e. The molecule has 0 bridgehead atoms. The topological polar surface area (TPSA) is 93.1 Å². The number of imide groups is 1. The van der Waals surface area contributed by atoms with E-state index in [0.29, 0.717) is 21.8 Å². The van der Waals surface area contributed by atoms with E-state index < -0.39 is 11.9 Å². The summed E-state index contributed by atoms with van der Waals surface area (Å²) in [6, 6.07) is 8.51. The molecule has 7 nitrogen and oxygen atoms in total. The standard InChI is InChI=1S/C17H15ClN4O3S/c1-2-19-17(25)21-14(23)8-22-9-20-12-7-13(26-15(12)16(22)24)10-3-5-11(18)6-4-10/h3-7,9H,2,8H2,1H3,(H2,19,21,23,25). The Morgan fingerprint density at radius 2 is 2.00 bits per heavy atom. The minimum absolute atomic E-state index is 0.285. The third kappa shape index (κ3) is 3.92. The van der Waals surface area contributed by atoms with Crippen LogP contribution >= 0.6 is 22.9 Å². The molecule has 0 radical (unpaired) electrons. The number of urea groups is 1. The van der Waals surface area contributed by atoms with Gasteiger partial charge in [-0.25, -0.2) is 9.78 Å². The van der Waals surface area contributed by atoms with Gasteiger partial charge in [-0.2, -0.15) is 0 Å². The van der Waals surface area contributed by atoms with E-state index in [2.05, 4.69) is 15.6 Å². The summed E-state index contributed by atoms with van der Waals surface area (Å²) >= 11 is 7.20. The number of fused-ring (bicyclic) bond motifs is 1. The molecule has 2 aromatic heterocycles. The van der Waals surface area contributed by atoms with Gasteiger partial charge in [-0.05, 0) is 30.7 Å². The van der Waals surface area contributed by atoms with Gasteiger partial charge in [0.05, 0.1) is 11.8 Å². The van der Waals surface area contributed by atoms with Gasteiger partial charge in [0.1, 0.15) is 11.2 Å². The van der Waals surface area contributed by atoms with Crippen LogP contribution in [0.15, 0.2) is 41.5 Å². The lowest BCUT2D eigenvalue weighted by atomic mass is 10.2. The number of nitrogens with one attached hydrogen (secondary N) is 2. The van der Waals surface area contributed by atoms with E-state index in [1.807, 2.05) is 18.2 Å². The van der Waals surface area contributed by atoms with Crippen LogP contribution in [0.1, 0.15) is 6.92 Å². The summed E-state index contributed by atoms with van der Waals surface area (Å²) in [5, 5.41) is 5.24. The molecular weight excluding hydrogens is 376 g/mol. The highest BCUT2D eigenvalue weighted by Crippen LogP contribution is 2.31. The number of thiophene rings is 1. The monoisotopic (exact) mass is 390 g/mol. The molecule has 2 heterocycles. The molecule has 1 aromatic carbocycles. The van der Waals surface area contributed by atoms with Crippen molar-refractivity contribution in [1.82, 2.24) is 20.2 Å². The fourth-order valence-corrected chi connectivity index (χ4v) is 3.53. The summed E-state index contributed by atoms with van der Waals surface area (Å²) in [6.45, 7) is 1.85. The van der Waals surface area contributed by atoms with Gasteiger partial charge >= 0.3 is 6.03 Å². The highest BCUT2D eigenvalue weighted by Gasteiger charge is 2.13. The van der Waals surface area contributed by atoms with Crippen molar-refractivity contribution in [2.75, 3.05) is 6.54 Å². The maximum atomic E-state index is 12.6. The second-order valence-electron chi connectivity index (χ2n) is 5.42. The van der Waals surface area contributed by atoms with E-state index in [-0.39, 0.29) is 12.1 Å². The third-order valence-corrected chi connectivity index (χ3v) is 4.95. The van der Waals surface area contributed by atoms with Crippen LogP contribution in [0.3, 0.4) is 0 Å². The van der Waals surface area contributed by atoms with Crippen molar-refractivity contribution in [1.29, 1.82) is 0 Å². The Labute approximate surface area is 157 Å². The Hall–Kier alpha value is -2.71. The number of hydrogen-bond acceptors (Lipinski definition) is 5. The Morgan fingerprint density at radius 1 is 1.27 bits per heavy atom. The molecule has 26 heavy (non-hydrogen) atoms. The van der Waals surface area contributed by atoms with Crippen molar-refractivity contribution in [2.24, 2.45) is 0 Å². The maximum Gasteiger partial charge on any atom is 0.321 e. The lowest BCUT2D eigenvalue weighted by Crippen LogP contribution is -2.42. The first kappa shape index (κ1) is 18.1. The van der Waals surface area contributed by atoms with Gasteiger partial charge in [-0.1, -0.05) is 23.7 Å². The Kier molecular flexibility index (Phi) is 5.34. The highest BCUT2D eigenvalue weighted by molar-refractivity contribution is 7.22. The van der Waals surface area contributed by atoms with E-state index in [1.165, 1.54) is 22.2 Å². The van der Waals surface area contributed by atoms with Crippen LogP contribution in [-0.4, -0.2) is 28.0 Å². The Morgan fingerprint density at radius 3 is 2.69 bits per heavy atom. The van der Waals surface area contributed by atoms with Crippen molar-refractivity contribution in [2.45, 2.75) is 13.5 Å². The minimum atomic E-state index is -0.597. The van der Waals surface area contributed by atoms with E-state index in [9.17, 15) is 14.4 Å². The van der Waals surface area contributed by atoms with Crippen LogP contribution in [0.25, 0.3) is 20.7 Å². The average Bonchev–Trinajstić information content (AvgIpc) is 3.03. The van der Waals surface area contributed by atoms with Gasteiger partial charge in [0.25, 0.3) is 5.56 Å². The number of aromatic nitrogens is 2. The Balaban J connectivity index is 1.86. The first-order chi connectivity index (χ1) is 12.5. The van der Waals surface area contributed by atoms with Gasteiger partial charge < -0.3 is 5.32 Å². The number of amides is 3. The zero-order chi connectivity index (χ0) is 18.7. The second kappa shape index (κ2) is 7.67. The predicted octanol–water partition coefficient (Wildman–Crippen LogP) is 2.62. The number of carbonyl (C=O) groups excluding carboxylic acids is 2. The van der Waals surface area contributed by atoms with Gasteiger partial charge in [0, 0.05) is 16.4 Å². The molecule has 0 aliphatic heterocycles. The van der Waals surface area contributed by atoms with Crippen molar-refractivity contribution >= 4 is 45.1 Å². The van der Waals surface area contributed by atoms with Crippen LogP contribution in [0, 0.1) is 0 Å². The molecule has 3 aromatic rings. The van der Waals surface area contributed by atoms with Crippen LogP contribution in [0.2, 0.25) is 5.02 Å². The minimum Gasteiger partial charge on any atom is -0.338 e. The van der Waals surface area contributed by atoms with Crippen molar-refractivity contribution in [3.05, 3.63) is 52.0 Å². The molecule has 0 fully saturated rings. The molecule has 134 valence electrons. The average molecular weight is 391 g/mol. The summed E-state index contributed by atoms with van der Waals surface area (Å²) in [5.74, 6) is -0.589. The zero-order valence-corrected chi connectivity index (χ0v) is 15.4. The third-order valence-electron chi connectivity index (χ3n) is 3.54. The van der Waals surface area contributed by atoms with Gasteiger partial charge in [0.2, 0.25) is 5.91 Å². The van der Waals surface area contributed by atoms with Crippen molar-refractivity contribution in [3.8, 4) is 10.4 Å². The van der Waals surface area contributed by atoms with E-state index >= 15 is 0 Å². The molecule has 3 rings (SSSR count). The second-order valence-corrected chi connectivity index (χ2v) is 6.91. The quantitative estimate of drug-likeness (QED) is 0.716. The highest BCUT2D eigenvalue weighted by atomic mass is 35.5. The number of rotatable bonds is 4. The van der Waals surface area contributed by atoms with Crippen molar-refractivity contribution < 1.29 is 9.59 Å². The normalized spacial score (nSPS) is 10.7. The molecule has 0 aliphatic carbocycles. The molecule has 0 unspecified atom stereocenters. The number of halogens is 1. The lowest BCUT2D eigenvalue weighted by Gasteiger charge is -2.06. The summed E-state index contributed by atoms with van der Waals surface area (Å²) in [5.41, 5.74) is 1.16. The molecule has 0 saturated carbocycles. The van der Waals surface area contributed by atoms with E-state index in [0.717, 1.165) is 10.4 Å². The fraction of sp³-hybridized carbons (Fsp3) is 0.176. The van der Waals surface area contributed by atoms with Crippen molar-refractivity contribution in [3.63, 3.8) is 0 Å². The molecule has 2 N–H and O–H groups in total. The number of benzene rings is 1. The first-order valence-electron chi connectivity index (χ1n) is 7.80. The fourth-order valence-electron chi connectivity index (χ4n) is 2.34. The van der Waals surface area contributed by atoms with Gasteiger partial charge in [0.15, 0.2) is 0 Å². The zero-order valence-electron chi connectivity index (χ0n) is 13.8. The van der Waals surface area contributed by atoms with E-state index in [4.69, 9.17) is 11.6 Å². The number of nitrogens with zero attached hydrogens (tertiary/aromatic N) is 2. The molecule has 0 atom stereocenters.